The van der Waals surface area contributed by atoms with Gasteiger partial charge in [-0.15, -0.1) is 0 Å². The minimum atomic E-state index is -3.44. The van der Waals surface area contributed by atoms with Crippen molar-refractivity contribution in [2.75, 3.05) is 33.9 Å². The van der Waals surface area contributed by atoms with Gasteiger partial charge in [0.1, 0.15) is 11.5 Å². The van der Waals surface area contributed by atoms with E-state index >= 15 is 0 Å². The van der Waals surface area contributed by atoms with Crippen LogP contribution in [0.15, 0.2) is 18.2 Å². The fourth-order valence-corrected chi connectivity index (χ4v) is 5.76. The minimum Gasteiger partial charge on any atom is -0.497 e. The Kier molecular flexibility index (Phi) is 5.86. The van der Waals surface area contributed by atoms with Gasteiger partial charge >= 0.3 is 0 Å². The number of rotatable bonds is 5. The van der Waals surface area contributed by atoms with Crippen LogP contribution in [0.1, 0.15) is 50.1 Å². The summed E-state index contributed by atoms with van der Waals surface area (Å²) < 4.78 is 40.6. The molecule has 1 unspecified atom stereocenters. The third-order valence-electron chi connectivity index (χ3n) is 5.19. The molecule has 3 rings (SSSR count). The Bertz CT molecular complexity index is 684. The van der Waals surface area contributed by atoms with Crippen molar-refractivity contribution in [3.63, 3.8) is 0 Å². The number of hydrogen-bond donors (Lipinski definition) is 0. The number of hydrogen-bond acceptors (Lipinski definition) is 4. The highest BCUT2D eigenvalue weighted by atomic mass is 32.2. The molecule has 1 atom stereocenters. The van der Waals surface area contributed by atoms with Crippen molar-refractivity contribution in [2.24, 2.45) is 0 Å². The van der Waals surface area contributed by atoms with E-state index in [2.05, 4.69) is 0 Å². The number of methoxy groups -OCH3 is 2. The zero-order valence-corrected chi connectivity index (χ0v) is 15.9. The lowest BCUT2D eigenvalue weighted by molar-refractivity contribution is 0.322. The molecule has 2 heterocycles. The molecule has 2 aliphatic rings. The Labute approximate surface area is 150 Å². The maximum absolute atomic E-state index is 13.2. The number of benzene rings is 1. The second-order valence-electron chi connectivity index (χ2n) is 6.70. The molecule has 25 heavy (non-hydrogen) atoms. The number of nitrogens with zero attached hydrogens (tertiary/aromatic N) is 2. The predicted molar refractivity (Wildman–Crippen MR) is 97.2 cm³/mol. The summed E-state index contributed by atoms with van der Waals surface area (Å²) in [7, 11) is -0.220. The smallest absolute Gasteiger partial charge is 0.282 e. The first kappa shape index (κ1) is 18.5. The van der Waals surface area contributed by atoms with Crippen LogP contribution in [0.4, 0.5) is 0 Å². The quantitative estimate of drug-likeness (QED) is 0.802. The Hall–Kier alpha value is -1.31. The van der Waals surface area contributed by atoms with E-state index in [0.717, 1.165) is 44.1 Å². The molecule has 0 saturated carbocycles. The SMILES string of the molecule is COc1ccc(C2CCCN2S(=O)(=O)N2CCCCCC2)c(OC)c1. The summed E-state index contributed by atoms with van der Waals surface area (Å²) in [5, 5.41) is 0. The van der Waals surface area contributed by atoms with Crippen molar-refractivity contribution in [3.8, 4) is 11.5 Å². The predicted octanol–water partition coefficient (Wildman–Crippen LogP) is 2.96. The molecule has 1 aromatic rings. The Morgan fingerprint density at radius 2 is 1.68 bits per heavy atom. The molecule has 2 fully saturated rings. The highest BCUT2D eigenvalue weighted by Gasteiger charge is 2.39. The molecule has 7 heteroatoms. The summed E-state index contributed by atoms with van der Waals surface area (Å²) in [5.41, 5.74) is 0.916. The first-order chi connectivity index (χ1) is 12.1. The molecular formula is C18H28N2O4S. The molecule has 0 radical (unpaired) electrons. The van der Waals surface area contributed by atoms with Crippen LogP contribution >= 0.6 is 0 Å². The van der Waals surface area contributed by atoms with E-state index in [1.54, 1.807) is 22.8 Å². The Balaban J connectivity index is 1.89. The lowest BCUT2D eigenvalue weighted by Crippen LogP contribution is -2.43. The summed E-state index contributed by atoms with van der Waals surface area (Å²) in [4.78, 5) is 0. The molecule has 2 aliphatic heterocycles. The van der Waals surface area contributed by atoms with E-state index in [9.17, 15) is 8.42 Å². The van der Waals surface area contributed by atoms with Crippen LogP contribution in [0.3, 0.4) is 0 Å². The maximum Gasteiger partial charge on any atom is 0.282 e. The molecule has 0 bridgehead atoms. The molecule has 0 N–H and O–H groups in total. The third kappa shape index (κ3) is 3.78. The second kappa shape index (κ2) is 7.93. The van der Waals surface area contributed by atoms with Crippen molar-refractivity contribution < 1.29 is 17.9 Å². The molecule has 0 aromatic heterocycles. The summed E-state index contributed by atoms with van der Waals surface area (Å²) in [6.07, 6.45) is 5.80. The van der Waals surface area contributed by atoms with Crippen molar-refractivity contribution in [1.29, 1.82) is 0 Å². The van der Waals surface area contributed by atoms with E-state index in [1.807, 2.05) is 18.2 Å². The van der Waals surface area contributed by atoms with Crippen LogP contribution in [0.2, 0.25) is 0 Å². The third-order valence-corrected chi connectivity index (χ3v) is 7.24. The molecule has 140 valence electrons. The first-order valence-electron chi connectivity index (χ1n) is 9.07. The summed E-state index contributed by atoms with van der Waals surface area (Å²) in [6, 6.07) is 5.45. The summed E-state index contributed by atoms with van der Waals surface area (Å²) in [6.45, 7) is 1.83. The first-order valence-corrected chi connectivity index (χ1v) is 10.5. The van der Waals surface area contributed by atoms with Crippen molar-refractivity contribution >= 4 is 10.2 Å². The lowest BCUT2D eigenvalue weighted by Gasteiger charge is -2.31. The van der Waals surface area contributed by atoms with Crippen LogP contribution in [-0.2, 0) is 10.2 Å². The molecule has 0 amide bonds. The minimum absolute atomic E-state index is 0.172. The zero-order chi connectivity index (χ0) is 17.9. The van der Waals surface area contributed by atoms with Gasteiger partial charge in [0.15, 0.2) is 0 Å². The van der Waals surface area contributed by atoms with Crippen LogP contribution in [0.25, 0.3) is 0 Å². The van der Waals surface area contributed by atoms with Gasteiger partial charge in [-0.2, -0.15) is 17.0 Å². The van der Waals surface area contributed by atoms with E-state index in [0.29, 0.717) is 31.1 Å². The monoisotopic (exact) mass is 368 g/mol. The van der Waals surface area contributed by atoms with Crippen LogP contribution in [0, 0.1) is 0 Å². The highest BCUT2D eigenvalue weighted by molar-refractivity contribution is 7.86. The van der Waals surface area contributed by atoms with Gasteiger partial charge in [-0.1, -0.05) is 18.9 Å². The Morgan fingerprint density at radius 3 is 2.32 bits per heavy atom. The fraction of sp³-hybridized carbons (Fsp3) is 0.667. The second-order valence-corrected chi connectivity index (χ2v) is 8.58. The zero-order valence-electron chi connectivity index (χ0n) is 15.1. The topological polar surface area (TPSA) is 59.1 Å². The van der Waals surface area contributed by atoms with Crippen LogP contribution in [0.5, 0.6) is 11.5 Å². The van der Waals surface area contributed by atoms with E-state index < -0.39 is 10.2 Å². The average molecular weight is 368 g/mol. The summed E-state index contributed by atoms with van der Waals surface area (Å²) >= 11 is 0. The molecule has 0 aliphatic carbocycles. The number of ether oxygens (including phenoxy) is 2. The normalized spacial score (nSPS) is 23.4. The van der Waals surface area contributed by atoms with Gasteiger partial charge in [0, 0.05) is 31.3 Å². The van der Waals surface area contributed by atoms with Gasteiger partial charge in [-0.3, -0.25) is 0 Å². The lowest BCUT2D eigenvalue weighted by atomic mass is 10.0. The molecule has 0 spiro atoms. The van der Waals surface area contributed by atoms with Crippen molar-refractivity contribution in [3.05, 3.63) is 23.8 Å². The van der Waals surface area contributed by atoms with Gasteiger partial charge in [0.05, 0.1) is 20.3 Å². The summed E-state index contributed by atoms with van der Waals surface area (Å²) in [5.74, 6) is 1.39. The highest BCUT2D eigenvalue weighted by Crippen LogP contribution is 2.40. The fourth-order valence-electron chi connectivity index (χ4n) is 3.84. The largest absolute Gasteiger partial charge is 0.497 e. The van der Waals surface area contributed by atoms with Gasteiger partial charge < -0.3 is 9.47 Å². The van der Waals surface area contributed by atoms with E-state index in [-0.39, 0.29) is 6.04 Å². The van der Waals surface area contributed by atoms with Gasteiger partial charge in [0.2, 0.25) is 0 Å². The molecule has 2 saturated heterocycles. The van der Waals surface area contributed by atoms with Crippen molar-refractivity contribution in [1.82, 2.24) is 8.61 Å². The maximum atomic E-state index is 13.2. The van der Waals surface area contributed by atoms with Crippen LogP contribution < -0.4 is 9.47 Å². The standard InChI is InChI=1S/C18H28N2O4S/c1-23-15-9-10-16(18(14-15)24-2)17-8-7-13-20(17)25(21,22)19-11-5-3-4-6-12-19/h9-10,14,17H,3-8,11-13H2,1-2H3. The van der Waals surface area contributed by atoms with Crippen LogP contribution in [-0.4, -0.2) is 50.9 Å². The van der Waals surface area contributed by atoms with E-state index in [1.165, 1.54) is 0 Å². The molecular weight excluding hydrogens is 340 g/mol. The van der Waals surface area contributed by atoms with Gasteiger partial charge in [0.25, 0.3) is 10.2 Å². The van der Waals surface area contributed by atoms with E-state index in [4.69, 9.17) is 9.47 Å². The average Bonchev–Trinajstić information content (AvgIpc) is 2.96. The molecule has 1 aromatic carbocycles. The van der Waals surface area contributed by atoms with Gasteiger partial charge in [-0.25, -0.2) is 0 Å². The van der Waals surface area contributed by atoms with Gasteiger partial charge in [-0.05, 0) is 31.7 Å². The van der Waals surface area contributed by atoms with Crippen molar-refractivity contribution in [2.45, 2.75) is 44.6 Å². The Morgan fingerprint density at radius 1 is 0.960 bits per heavy atom. The molecule has 6 nitrogen and oxygen atoms in total.